The molecule has 2 aromatic heterocycles. The van der Waals surface area contributed by atoms with Gasteiger partial charge in [0, 0.05) is 18.0 Å². The van der Waals surface area contributed by atoms with Crippen molar-refractivity contribution in [1.82, 2.24) is 15.0 Å². The van der Waals surface area contributed by atoms with E-state index in [9.17, 15) is 4.79 Å². The van der Waals surface area contributed by atoms with E-state index < -0.39 is 0 Å². The maximum Gasteiger partial charge on any atom is 0.274 e. The molecule has 3 aromatic rings. The first-order valence-corrected chi connectivity index (χ1v) is 8.38. The molecule has 0 saturated carbocycles. The van der Waals surface area contributed by atoms with Gasteiger partial charge < -0.3 is 10.6 Å². The smallest absolute Gasteiger partial charge is 0.274 e. The van der Waals surface area contributed by atoms with Crippen LogP contribution in [0.25, 0.3) is 0 Å². The van der Waals surface area contributed by atoms with Crippen LogP contribution in [-0.4, -0.2) is 20.9 Å². The number of carbonyl (C=O) groups excluding carboxylic acids is 1. The molecule has 0 bridgehead atoms. The van der Waals surface area contributed by atoms with Crippen LogP contribution >= 0.6 is 0 Å². The lowest BCUT2D eigenvalue weighted by Crippen LogP contribution is -2.16. The van der Waals surface area contributed by atoms with Crippen LogP contribution in [0.3, 0.4) is 0 Å². The molecular formula is C20H21N5O. The van der Waals surface area contributed by atoms with E-state index in [1.54, 1.807) is 12.3 Å². The first kappa shape index (κ1) is 17.5. The molecule has 0 aliphatic heterocycles. The molecule has 0 radical (unpaired) electrons. The van der Waals surface area contributed by atoms with Crippen molar-refractivity contribution in [3.8, 4) is 0 Å². The zero-order valence-electron chi connectivity index (χ0n) is 15.1. The number of benzene rings is 1. The highest BCUT2D eigenvalue weighted by Gasteiger charge is 2.12. The van der Waals surface area contributed by atoms with E-state index in [0.29, 0.717) is 18.1 Å². The van der Waals surface area contributed by atoms with Crippen LogP contribution in [0.4, 0.5) is 11.5 Å². The van der Waals surface area contributed by atoms with E-state index in [1.807, 2.05) is 51.1 Å². The Hall–Kier alpha value is -3.28. The second-order valence-electron chi connectivity index (χ2n) is 6.19. The van der Waals surface area contributed by atoms with Crippen LogP contribution in [-0.2, 0) is 6.54 Å². The highest BCUT2D eigenvalue weighted by molar-refractivity contribution is 6.04. The minimum atomic E-state index is -0.261. The van der Waals surface area contributed by atoms with Crippen molar-refractivity contribution in [3.05, 3.63) is 77.0 Å². The number of aromatic nitrogens is 3. The quantitative estimate of drug-likeness (QED) is 0.736. The van der Waals surface area contributed by atoms with Gasteiger partial charge in [-0.1, -0.05) is 23.8 Å². The Morgan fingerprint density at radius 3 is 2.46 bits per heavy atom. The molecule has 0 spiro atoms. The molecule has 0 aliphatic carbocycles. The monoisotopic (exact) mass is 347 g/mol. The molecule has 0 unspecified atom stereocenters. The Kier molecular flexibility index (Phi) is 5.22. The Labute approximate surface area is 152 Å². The standard InChI is InChI=1S/C20H21N5O/c1-13-8-14(2)19(15(3)9-13)25-20(26)17-10-18(24-12-23-17)22-11-16-6-4-5-7-21-16/h4-10,12H,11H2,1-3H3,(H,25,26)(H,22,23,24). The van der Waals surface area contributed by atoms with Crippen LogP contribution in [0, 0.1) is 20.8 Å². The molecule has 0 fully saturated rings. The lowest BCUT2D eigenvalue weighted by molar-refractivity contribution is 0.102. The van der Waals surface area contributed by atoms with Crippen molar-refractivity contribution in [2.24, 2.45) is 0 Å². The second-order valence-corrected chi connectivity index (χ2v) is 6.19. The minimum absolute atomic E-state index is 0.261. The molecule has 2 N–H and O–H groups in total. The van der Waals surface area contributed by atoms with Crippen molar-refractivity contribution in [2.45, 2.75) is 27.3 Å². The molecule has 0 saturated heterocycles. The maximum absolute atomic E-state index is 12.6. The number of carbonyl (C=O) groups is 1. The minimum Gasteiger partial charge on any atom is -0.364 e. The Bertz CT molecular complexity index is 901. The lowest BCUT2D eigenvalue weighted by Gasteiger charge is -2.13. The molecule has 1 aromatic carbocycles. The van der Waals surface area contributed by atoms with E-state index >= 15 is 0 Å². The summed E-state index contributed by atoms with van der Waals surface area (Å²) >= 11 is 0. The third kappa shape index (κ3) is 4.22. The van der Waals surface area contributed by atoms with E-state index in [-0.39, 0.29) is 5.91 Å². The maximum atomic E-state index is 12.6. The predicted molar refractivity (Wildman–Crippen MR) is 102 cm³/mol. The van der Waals surface area contributed by atoms with Gasteiger partial charge in [-0.2, -0.15) is 0 Å². The molecule has 26 heavy (non-hydrogen) atoms. The summed E-state index contributed by atoms with van der Waals surface area (Å²) in [6, 6.07) is 11.4. The van der Waals surface area contributed by atoms with Gasteiger partial charge in [-0.3, -0.25) is 9.78 Å². The fourth-order valence-electron chi connectivity index (χ4n) is 2.82. The number of nitrogens with zero attached hydrogens (tertiary/aromatic N) is 3. The summed E-state index contributed by atoms with van der Waals surface area (Å²) in [5.74, 6) is 0.316. The van der Waals surface area contributed by atoms with Gasteiger partial charge in [0.05, 0.1) is 12.2 Å². The van der Waals surface area contributed by atoms with Crippen molar-refractivity contribution >= 4 is 17.4 Å². The van der Waals surface area contributed by atoms with Gasteiger partial charge in [0.2, 0.25) is 0 Å². The SMILES string of the molecule is Cc1cc(C)c(NC(=O)c2cc(NCc3ccccn3)ncn2)c(C)c1. The fourth-order valence-corrected chi connectivity index (χ4v) is 2.82. The first-order valence-electron chi connectivity index (χ1n) is 8.38. The van der Waals surface area contributed by atoms with E-state index in [0.717, 1.165) is 22.5 Å². The number of nitrogens with one attached hydrogen (secondary N) is 2. The normalized spacial score (nSPS) is 10.4. The number of aryl methyl sites for hydroxylation is 3. The van der Waals surface area contributed by atoms with Crippen LogP contribution in [0.5, 0.6) is 0 Å². The number of anilines is 2. The van der Waals surface area contributed by atoms with E-state index in [1.165, 1.54) is 11.9 Å². The summed E-state index contributed by atoms with van der Waals surface area (Å²) in [6.07, 6.45) is 3.12. The van der Waals surface area contributed by atoms with Crippen molar-refractivity contribution < 1.29 is 4.79 Å². The number of amides is 1. The Balaban J connectivity index is 1.72. The van der Waals surface area contributed by atoms with Gasteiger partial charge in [0.15, 0.2) is 0 Å². The van der Waals surface area contributed by atoms with Gasteiger partial charge in [0.25, 0.3) is 5.91 Å². The Morgan fingerprint density at radius 2 is 1.77 bits per heavy atom. The average molecular weight is 347 g/mol. The Morgan fingerprint density at radius 1 is 1.00 bits per heavy atom. The molecule has 132 valence electrons. The summed E-state index contributed by atoms with van der Waals surface area (Å²) in [7, 11) is 0. The third-order valence-corrected chi connectivity index (χ3v) is 3.99. The fraction of sp³-hybridized carbons (Fsp3) is 0.200. The molecule has 1 amide bonds. The number of rotatable bonds is 5. The van der Waals surface area contributed by atoms with Crippen LogP contribution in [0.1, 0.15) is 32.9 Å². The zero-order chi connectivity index (χ0) is 18.5. The lowest BCUT2D eigenvalue weighted by atomic mass is 10.1. The number of hydrogen-bond acceptors (Lipinski definition) is 5. The van der Waals surface area contributed by atoms with Gasteiger partial charge in [-0.25, -0.2) is 9.97 Å². The third-order valence-electron chi connectivity index (χ3n) is 3.99. The summed E-state index contributed by atoms with van der Waals surface area (Å²) < 4.78 is 0. The molecule has 3 rings (SSSR count). The zero-order valence-corrected chi connectivity index (χ0v) is 15.1. The molecule has 0 aliphatic rings. The summed E-state index contributed by atoms with van der Waals surface area (Å²) in [4.78, 5) is 25.1. The summed E-state index contributed by atoms with van der Waals surface area (Å²) in [6.45, 7) is 6.52. The van der Waals surface area contributed by atoms with Gasteiger partial charge in [0.1, 0.15) is 17.8 Å². The van der Waals surface area contributed by atoms with Gasteiger partial charge in [-0.15, -0.1) is 0 Å². The molecular weight excluding hydrogens is 326 g/mol. The van der Waals surface area contributed by atoms with Crippen LogP contribution < -0.4 is 10.6 Å². The topological polar surface area (TPSA) is 79.8 Å². The van der Waals surface area contributed by atoms with Crippen LogP contribution in [0.15, 0.2) is 48.9 Å². The van der Waals surface area contributed by atoms with Crippen molar-refractivity contribution in [2.75, 3.05) is 10.6 Å². The largest absolute Gasteiger partial charge is 0.364 e. The van der Waals surface area contributed by atoms with Crippen LogP contribution in [0.2, 0.25) is 0 Å². The highest BCUT2D eigenvalue weighted by Crippen LogP contribution is 2.22. The molecule has 6 heteroatoms. The number of pyridine rings is 1. The number of hydrogen-bond donors (Lipinski definition) is 2. The summed E-state index contributed by atoms with van der Waals surface area (Å²) in [5, 5.41) is 6.11. The van der Waals surface area contributed by atoms with Gasteiger partial charge >= 0.3 is 0 Å². The average Bonchev–Trinajstić information content (AvgIpc) is 2.64. The van der Waals surface area contributed by atoms with E-state index in [2.05, 4.69) is 25.6 Å². The van der Waals surface area contributed by atoms with Gasteiger partial charge in [-0.05, 0) is 44.0 Å². The van der Waals surface area contributed by atoms with Crippen molar-refractivity contribution in [1.29, 1.82) is 0 Å². The second kappa shape index (κ2) is 7.74. The summed E-state index contributed by atoms with van der Waals surface area (Å²) in [5.41, 5.74) is 5.24. The molecule has 6 nitrogen and oxygen atoms in total. The molecule has 0 atom stereocenters. The molecule has 2 heterocycles. The van der Waals surface area contributed by atoms with E-state index in [4.69, 9.17) is 0 Å². The first-order chi connectivity index (χ1) is 12.5. The predicted octanol–water partition coefficient (Wildman–Crippen LogP) is 3.66. The highest BCUT2D eigenvalue weighted by atomic mass is 16.1. The van der Waals surface area contributed by atoms with Crippen molar-refractivity contribution in [3.63, 3.8) is 0 Å².